The lowest BCUT2D eigenvalue weighted by molar-refractivity contribution is -0.130. The summed E-state index contributed by atoms with van der Waals surface area (Å²) in [4.78, 5) is 25.9. The highest BCUT2D eigenvalue weighted by Gasteiger charge is 2.32. The molecular formula is C24H37N3O5S. The van der Waals surface area contributed by atoms with E-state index in [1.54, 1.807) is 19.1 Å². The van der Waals surface area contributed by atoms with Crippen molar-refractivity contribution in [3.63, 3.8) is 0 Å². The molecule has 1 atom stereocenters. The molecule has 1 saturated heterocycles. The van der Waals surface area contributed by atoms with Gasteiger partial charge in [-0.2, -0.15) is 4.31 Å². The van der Waals surface area contributed by atoms with Crippen LogP contribution in [0, 0.1) is 11.8 Å². The maximum atomic E-state index is 13.2. The molecule has 1 aliphatic carbocycles. The highest BCUT2D eigenvalue weighted by Crippen LogP contribution is 2.32. The number of carbonyl (C=O) groups is 2. The van der Waals surface area contributed by atoms with Gasteiger partial charge in [0.05, 0.1) is 6.61 Å². The third-order valence-electron chi connectivity index (χ3n) is 6.42. The van der Waals surface area contributed by atoms with Gasteiger partial charge in [-0.05, 0) is 56.7 Å². The third kappa shape index (κ3) is 6.26. The SMILES string of the molecule is CCOc1ccc(NC(=O)[C@H](NC(=O)C2CCCCC2)C(C)C)cc1S(=O)(=O)N1CCCC1. The van der Waals surface area contributed by atoms with Crippen LogP contribution >= 0.6 is 0 Å². The minimum atomic E-state index is -3.73. The summed E-state index contributed by atoms with van der Waals surface area (Å²) in [5.74, 6) is -0.327. The third-order valence-corrected chi connectivity index (χ3v) is 8.34. The second-order valence-electron chi connectivity index (χ2n) is 9.26. The summed E-state index contributed by atoms with van der Waals surface area (Å²) >= 11 is 0. The molecule has 2 N–H and O–H groups in total. The maximum absolute atomic E-state index is 13.2. The lowest BCUT2D eigenvalue weighted by Crippen LogP contribution is -2.49. The first-order valence-electron chi connectivity index (χ1n) is 12.1. The Bertz CT molecular complexity index is 935. The van der Waals surface area contributed by atoms with Crippen LogP contribution in [0.25, 0.3) is 0 Å². The smallest absolute Gasteiger partial charge is 0.247 e. The quantitative estimate of drug-likeness (QED) is 0.564. The van der Waals surface area contributed by atoms with Crippen molar-refractivity contribution in [3.05, 3.63) is 18.2 Å². The van der Waals surface area contributed by atoms with Gasteiger partial charge in [-0.15, -0.1) is 0 Å². The molecule has 1 aromatic carbocycles. The molecule has 1 saturated carbocycles. The number of sulfonamides is 1. The van der Waals surface area contributed by atoms with Crippen LogP contribution in [0.1, 0.15) is 65.7 Å². The van der Waals surface area contributed by atoms with Gasteiger partial charge in [0.15, 0.2) is 0 Å². The van der Waals surface area contributed by atoms with Crippen molar-refractivity contribution >= 4 is 27.5 Å². The van der Waals surface area contributed by atoms with Gasteiger partial charge in [-0.3, -0.25) is 9.59 Å². The van der Waals surface area contributed by atoms with Gasteiger partial charge in [-0.1, -0.05) is 33.1 Å². The fourth-order valence-corrected chi connectivity index (χ4v) is 6.19. The van der Waals surface area contributed by atoms with Crippen molar-refractivity contribution in [3.8, 4) is 5.75 Å². The number of hydrogen-bond donors (Lipinski definition) is 2. The molecule has 3 rings (SSSR count). The largest absolute Gasteiger partial charge is 0.492 e. The molecule has 0 unspecified atom stereocenters. The van der Waals surface area contributed by atoms with Crippen LogP contribution < -0.4 is 15.4 Å². The minimum absolute atomic E-state index is 0.0458. The van der Waals surface area contributed by atoms with Gasteiger partial charge < -0.3 is 15.4 Å². The Morgan fingerprint density at radius 2 is 1.76 bits per heavy atom. The number of hydrogen-bond acceptors (Lipinski definition) is 5. The van der Waals surface area contributed by atoms with E-state index in [2.05, 4.69) is 10.6 Å². The lowest BCUT2D eigenvalue weighted by Gasteiger charge is -2.26. The summed E-state index contributed by atoms with van der Waals surface area (Å²) in [6.07, 6.45) is 6.60. The number of benzene rings is 1. The van der Waals surface area contributed by atoms with Crippen molar-refractivity contribution in [1.29, 1.82) is 0 Å². The Morgan fingerprint density at radius 3 is 2.36 bits per heavy atom. The van der Waals surface area contributed by atoms with Crippen molar-refractivity contribution in [2.24, 2.45) is 11.8 Å². The highest BCUT2D eigenvalue weighted by atomic mass is 32.2. The first-order valence-corrected chi connectivity index (χ1v) is 13.6. The van der Waals surface area contributed by atoms with E-state index in [4.69, 9.17) is 4.74 Å². The van der Waals surface area contributed by atoms with Gasteiger partial charge in [0.25, 0.3) is 0 Å². The first-order chi connectivity index (χ1) is 15.7. The van der Waals surface area contributed by atoms with Crippen molar-refractivity contribution in [2.45, 2.75) is 76.7 Å². The van der Waals surface area contributed by atoms with Crippen LogP contribution in [-0.4, -0.2) is 50.3 Å². The number of ether oxygens (including phenoxy) is 1. The summed E-state index contributed by atoms with van der Waals surface area (Å²) in [5.41, 5.74) is 0.360. The van der Waals surface area contributed by atoms with Crippen molar-refractivity contribution in [2.75, 3.05) is 25.0 Å². The molecule has 0 spiro atoms. The van der Waals surface area contributed by atoms with Gasteiger partial charge in [0, 0.05) is 24.7 Å². The summed E-state index contributed by atoms with van der Waals surface area (Å²) < 4.78 is 33.4. The van der Waals surface area contributed by atoms with E-state index in [9.17, 15) is 18.0 Å². The predicted octanol–water partition coefficient (Wildman–Crippen LogP) is 3.53. The van der Waals surface area contributed by atoms with Crippen LogP contribution in [0.3, 0.4) is 0 Å². The first kappa shape index (κ1) is 25.5. The topological polar surface area (TPSA) is 105 Å². The summed E-state index contributed by atoms with van der Waals surface area (Å²) in [5, 5.41) is 5.74. The zero-order valence-corrected chi connectivity index (χ0v) is 20.7. The molecule has 1 heterocycles. The fourth-order valence-electron chi connectivity index (χ4n) is 4.52. The Kier molecular flexibility index (Phi) is 8.75. The van der Waals surface area contributed by atoms with E-state index in [0.717, 1.165) is 44.9 Å². The van der Waals surface area contributed by atoms with Crippen molar-refractivity contribution < 1.29 is 22.7 Å². The van der Waals surface area contributed by atoms with Gasteiger partial charge in [0.1, 0.15) is 16.7 Å². The van der Waals surface area contributed by atoms with E-state index >= 15 is 0 Å². The summed E-state index contributed by atoms with van der Waals surface area (Å²) in [7, 11) is -3.73. The Balaban J connectivity index is 1.78. The molecule has 0 bridgehead atoms. The Hall–Kier alpha value is -2.13. The summed E-state index contributed by atoms with van der Waals surface area (Å²) in [6.45, 7) is 6.85. The fraction of sp³-hybridized carbons (Fsp3) is 0.667. The summed E-state index contributed by atoms with van der Waals surface area (Å²) in [6, 6.07) is 3.96. The minimum Gasteiger partial charge on any atom is -0.492 e. The molecule has 2 fully saturated rings. The second kappa shape index (κ2) is 11.3. The van der Waals surface area contributed by atoms with Gasteiger partial charge >= 0.3 is 0 Å². The molecule has 2 aliphatic rings. The molecule has 33 heavy (non-hydrogen) atoms. The Morgan fingerprint density at radius 1 is 1.09 bits per heavy atom. The molecule has 184 valence electrons. The molecule has 1 aromatic rings. The molecule has 2 amide bonds. The van der Waals surface area contributed by atoms with Crippen LogP contribution in [0.5, 0.6) is 5.75 Å². The average Bonchev–Trinajstić information content (AvgIpc) is 3.34. The van der Waals surface area contributed by atoms with E-state index in [0.29, 0.717) is 25.4 Å². The van der Waals surface area contributed by atoms with Crippen LogP contribution in [0.4, 0.5) is 5.69 Å². The molecular weight excluding hydrogens is 442 g/mol. The normalized spacial score (nSPS) is 18.8. The number of anilines is 1. The van der Waals surface area contributed by atoms with Crippen molar-refractivity contribution in [1.82, 2.24) is 9.62 Å². The highest BCUT2D eigenvalue weighted by molar-refractivity contribution is 7.89. The Labute approximate surface area is 197 Å². The lowest BCUT2D eigenvalue weighted by atomic mass is 9.88. The second-order valence-corrected chi connectivity index (χ2v) is 11.2. The molecule has 9 heteroatoms. The number of nitrogens with zero attached hydrogens (tertiary/aromatic N) is 1. The van der Waals surface area contributed by atoms with Crippen LogP contribution in [-0.2, 0) is 19.6 Å². The number of rotatable bonds is 9. The number of amides is 2. The monoisotopic (exact) mass is 479 g/mol. The van der Waals surface area contributed by atoms with E-state index in [1.165, 1.54) is 10.4 Å². The predicted molar refractivity (Wildman–Crippen MR) is 128 cm³/mol. The molecule has 0 radical (unpaired) electrons. The zero-order chi connectivity index (χ0) is 24.0. The van der Waals surface area contributed by atoms with E-state index < -0.39 is 16.1 Å². The van der Waals surface area contributed by atoms with Gasteiger partial charge in [-0.25, -0.2) is 8.42 Å². The molecule has 0 aromatic heterocycles. The van der Waals surface area contributed by atoms with Crippen LogP contribution in [0.2, 0.25) is 0 Å². The van der Waals surface area contributed by atoms with E-state index in [-0.39, 0.29) is 34.3 Å². The number of carbonyl (C=O) groups excluding carboxylic acids is 2. The molecule has 8 nitrogen and oxygen atoms in total. The zero-order valence-electron chi connectivity index (χ0n) is 19.9. The standard InChI is InChI=1S/C24H37N3O5S/c1-4-32-20-13-12-19(16-21(20)33(30,31)27-14-8-9-15-27)25-24(29)22(17(2)3)26-23(28)18-10-6-5-7-11-18/h12-13,16-18,22H,4-11,14-15H2,1-3H3,(H,25,29)(H,26,28)/t22-/m1/s1. The van der Waals surface area contributed by atoms with Gasteiger partial charge in [0.2, 0.25) is 21.8 Å². The van der Waals surface area contributed by atoms with Crippen LogP contribution in [0.15, 0.2) is 23.1 Å². The molecule has 1 aliphatic heterocycles. The maximum Gasteiger partial charge on any atom is 0.247 e. The van der Waals surface area contributed by atoms with E-state index in [1.807, 2.05) is 13.8 Å². The number of nitrogens with one attached hydrogen (secondary N) is 2. The average molecular weight is 480 g/mol.